The third-order valence-electron chi connectivity index (χ3n) is 4.56. The molecule has 3 aromatic carbocycles. The molecule has 4 nitrogen and oxygen atoms in total. The molecule has 29 heavy (non-hydrogen) atoms. The summed E-state index contributed by atoms with van der Waals surface area (Å²) in [6.45, 7) is 7.19. The minimum atomic E-state index is 0.593. The first-order valence-electron chi connectivity index (χ1n) is 9.08. The third kappa shape index (κ3) is 3.83. The van der Waals surface area contributed by atoms with Gasteiger partial charge in [0.15, 0.2) is 5.69 Å². The quantitative estimate of drug-likeness (QED) is 0.377. The van der Waals surface area contributed by atoms with Gasteiger partial charge in [-0.25, -0.2) is 4.85 Å². The van der Waals surface area contributed by atoms with Crippen LogP contribution < -0.4 is 4.90 Å². The monoisotopic (exact) mass is 372 g/mol. The molecular formula is C25H16N4. The molecule has 0 unspecified atom stereocenters. The maximum absolute atomic E-state index is 9.12. The fourth-order valence-corrected chi connectivity index (χ4v) is 3.15. The average molecular weight is 372 g/mol. The maximum Gasteiger partial charge on any atom is 0.187 e. The van der Waals surface area contributed by atoms with Crippen LogP contribution in [-0.4, -0.2) is 4.98 Å². The zero-order valence-corrected chi connectivity index (χ0v) is 15.5. The van der Waals surface area contributed by atoms with Gasteiger partial charge in [-0.05, 0) is 60.7 Å². The van der Waals surface area contributed by atoms with Crippen LogP contribution in [-0.2, 0) is 0 Å². The SMILES string of the molecule is [C-]#[N+]c1ccc(N(c2ccc(C#N)cc2)c2cccc(-c3ccccn3)c2)cc1. The molecule has 0 aliphatic heterocycles. The molecule has 0 spiro atoms. The maximum atomic E-state index is 9.12. The molecule has 0 aliphatic carbocycles. The first-order valence-corrected chi connectivity index (χ1v) is 9.08. The summed E-state index contributed by atoms with van der Waals surface area (Å²) in [4.78, 5) is 10.0. The van der Waals surface area contributed by atoms with Gasteiger partial charge in [-0.15, -0.1) is 0 Å². The molecule has 0 amide bonds. The summed E-state index contributed by atoms with van der Waals surface area (Å²) in [5, 5.41) is 9.12. The smallest absolute Gasteiger partial charge is 0.187 e. The summed E-state index contributed by atoms with van der Waals surface area (Å²) in [6, 6.07) is 31.1. The predicted octanol–water partition coefficient (Wildman–Crippen LogP) is 6.64. The summed E-state index contributed by atoms with van der Waals surface area (Å²) in [5.74, 6) is 0. The predicted molar refractivity (Wildman–Crippen MR) is 115 cm³/mol. The molecule has 0 bridgehead atoms. The number of anilines is 3. The fraction of sp³-hybridized carbons (Fsp3) is 0. The highest BCUT2D eigenvalue weighted by atomic mass is 15.1. The summed E-state index contributed by atoms with van der Waals surface area (Å²) in [6.07, 6.45) is 1.78. The van der Waals surface area contributed by atoms with E-state index in [1.54, 1.807) is 18.3 Å². The van der Waals surface area contributed by atoms with Crippen molar-refractivity contribution < 1.29 is 0 Å². The number of aromatic nitrogens is 1. The van der Waals surface area contributed by atoms with Crippen LogP contribution in [0.25, 0.3) is 16.1 Å². The Labute approximate surface area is 169 Å². The van der Waals surface area contributed by atoms with Crippen LogP contribution in [0, 0.1) is 17.9 Å². The van der Waals surface area contributed by atoms with Crippen molar-refractivity contribution in [2.24, 2.45) is 0 Å². The number of pyridine rings is 1. The number of rotatable bonds is 4. The lowest BCUT2D eigenvalue weighted by atomic mass is 10.1. The van der Waals surface area contributed by atoms with Gasteiger partial charge < -0.3 is 4.90 Å². The molecule has 0 N–H and O–H groups in total. The van der Waals surface area contributed by atoms with Gasteiger partial charge in [-0.3, -0.25) is 4.98 Å². The second kappa shape index (κ2) is 8.08. The van der Waals surface area contributed by atoms with Crippen LogP contribution in [0.5, 0.6) is 0 Å². The topological polar surface area (TPSA) is 44.3 Å². The minimum Gasteiger partial charge on any atom is -0.311 e. The number of nitriles is 1. The molecule has 1 heterocycles. The van der Waals surface area contributed by atoms with Crippen LogP contribution in [0.4, 0.5) is 22.7 Å². The van der Waals surface area contributed by atoms with Gasteiger partial charge in [0.1, 0.15) is 0 Å². The standard InChI is InChI=1S/C25H16N4/c1-27-21-10-14-23(15-11-21)29(22-12-8-19(18-26)9-13-22)24-6-4-5-20(17-24)25-7-2-3-16-28-25/h2-17H. The van der Waals surface area contributed by atoms with Crippen molar-refractivity contribution >= 4 is 22.7 Å². The van der Waals surface area contributed by atoms with Gasteiger partial charge in [-0.2, -0.15) is 5.26 Å². The summed E-state index contributed by atoms with van der Waals surface area (Å²) in [7, 11) is 0. The zero-order chi connectivity index (χ0) is 20.1. The van der Waals surface area contributed by atoms with E-state index in [1.165, 1.54) is 0 Å². The van der Waals surface area contributed by atoms with Gasteiger partial charge in [0.25, 0.3) is 0 Å². The summed E-state index contributed by atoms with van der Waals surface area (Å²) in [5.41, 5.74) is 5.94. The normalized spacial score (nSPS) is 10.0. The zero-order valence-electron chi connectivity index (χ0n) is 15.5. The second-order valence-electron chi connectivity index (χ2n) is 6.39. The van der Waals surface area contributed by atoms with E-state index in [1.807, 2.05) is 72.8 Å². The first kappa shape index (κ1) is 18.0. The largest absolute Gasteiger partial charge is 0.311 e. The summed E-state index contributed by atoms with van der Waals surface area (Å²) < 4.78 is 0. The molecule has 0 saturated heterocycles. The Morgan fingerprint density at radius 3 is 2.14 bits per heavy atom. The van der Waals surface area contributed by atoms with Crippen LogP contribution in [0.3, 0.4) is 0 Å². The van der Waals surface area contributed by atoms with Crippen molar-refractivity contribution in [3.8, 4) is 17.3 Å². The lowest BCUT2D eigenvalue weighted by Crippen LogP contribution is -2.09. The van der Waals surface area contributed by atoms with E-state index in [9.17, 15) is 0 Å². The Kier molecular flexibility index (Phi) is 5.01. The molecule has 0 fully saturated rings. The van der Waals surface area contributed by atoms with E-state index in [0.29, 0.717) is 11.3 Å². The first-order chi connectivity index (χ1) is 14.3. The second-order valence-corrected chi connectivity index (χ2v) is 6.39. The van der Waals surface area contributed by atoms with E-state index in [-0.39, 0.29) is 0 Å². The highest BCUT2D eigenvalue weighted by molar-refractivity contribution is 5.80. The van der Waals surface area contributed by atoms with Crippen LogP contribution in [0.1, 0.15) is 5.56 Å². The minimum absolute atomic E-state index is 0.593. The Bertz CT molecular complexity index is 1140. The molecule has 0 atom stereocenters. The Morgan fingerprint density at radius 2 is 1.52 bits per heavy atom. The van der Waals surface area contributed by atoms with Crippen LogP contribution in [0.2, 0.25) is 0 Å². The lowest BCUT2D eigenvalue weighted by Gasteiger charge is -2.26. The van der Waals surface area contributed by atoms with Gasteiger partial charge in [0.2, 0.25) is 0 Å². The van der Waals surface area contributed by atoms with Gasteiger partial charge in [-0.1, -0.05) is 30.3 Å². The van der Waals surface area contributed by atoms with E-state index in [0.717, 1.165) is 28.3 Å². The Balaban J connectivity index is 1.83. The van der Waals surface area contributed by atoms with Crippen molar-refractivity contribution in [1.29, 1.82) is 5.26 Å². The van der Waals surface area contributed by atoms with E-state index in [4.69, 9.17) is 11.8 Å². The van der Waals surface area contributed by atoms with E-state index < -0.39 is 0 Å². The molecule has 0 radical (unpaired) electrons. The third-order valence-corrected chi connectivity index (χ3v) is 4.56. The number of benzene rings is 3. The van der Waals surface area contributed by atoms with E-state index >= 15 is 0 Å². The molecular weight excluding hydrogens is 356 g/mol. The Morgan fingerprint density at radius 1 is 0.793 bits per heavy atom. The highest BCUT2D eigenvalue weighted by Gasteiger charge is 2.13. The van der Waals surface area contributed by atoms with Crippen molar-refractivity contribution in [3.05, 3.63) is 114 Å². The lowest BCUT2D eigenvalue weighted by molar-refractivity contribution is 1.27. The average Bonchev–Trinajstić information content (AvgIpc) is 2.81. The van der Waals surface area contributed by atoms with Crippen molar-refractivity contribution in [2.75, 3.05) is 4.90 Å². The molecule has 4 rings (SSSR count). The summed E-state index contributed by atoms with van der Waals surface area (Å²) >= 11 is 0. The number of nitrogens with zero attached hydrogens (tertiary/aromatic N) is 4. The van der Waals surface area contributed by atoms with Gasteiger partial charge in [0, 0.05) is 28.8 Å². The fourth-order valence-electron chi connectivity index (χ4n) is 3.15. The molecule has 136 valence electrons. The van der Waals surface area contributed by atoms with E-state index in [2.05, 4.69) is 26.9 Å². The molecule has 0 aliphatic rings. The number of hydrogen-bond acceptors (Lipinski definition) is 3. The van der Waals surface area contributed by atoms with Gasteiger partial charge >= 0.3 is 0 Å². The molecule has 4 heteroatoms. The van der Waals surface area contributed by atoms with Crippen LogP contribution >= 0.6 is 0 Å². The van der Waals surface area contributed by atoms with Crippen molar-refractivity contribution in [3.63, 3.8) is 0 Å². The Hall–Kier alpha value is -4.41. The van der Waals surface area contributed by atoms with Crippen molar-refractivity contribution in [1.82, 2.24) is 4.98 Å². The van der Waals surface area contributed by atoms with Crippen molar-refractivity contribution in [2.45, 2.75) is 0 Å². The molecule has 4 aromatic rings. The molecule has 0 saturated carbocycles. The molecule has 1 aromatic heterocycles. The van der Waals surface area contributed by atoms with Gasteiger partial charge in [0.05, 0.1) is 23.9 Å². The van der Waals surface area contributed by atoms with Crippen LogP contribution in [0.15, 0.2) is 97.2 Å². The highest BCUT2D eigenvalue weighted by Crippen LogP contribution is 2.36. The number of hydrogen-bond donors (Lipinski definition) is 0.